The molecule has 0 spiro atoms. The summed E-state index contributed by atoms with van der Waals surface area (Å²) in [6, 6.07) is 19.5. The number of nitrogens with zero attached hydrogens (tertiary/aromatic N) is 1. The quantitative estimate of drug-likeness (QED) is 0.358. The minimum absolute atomic E-state index is 0.286. The third-order valence-electron chi connectivity index (χ3n) is 4.02. The summed E-state index contributed by atoms with van der Waals surface area (Å²) in [6.45, 7) is 1.90. The van der Waals surface area contributed by atoms with E-state index in [9.17, 15) is 4.79 Å². The molecule has 0 fully saturated rings. The number of hydrogen-bond acceptors (Lipinski definition) is 3. The third kappa shape index (κ3) is 4.96. The van der Waals surface area contributed by atoms with Crippen molar-refractivity contribution in [1.29, 1.82) is 0 Å². The number of rotatable bonds is 6. The van der Waals surface area contributed by atoms with Crippen LogP contribution in [0.15, 0.2) is 74.7 Å². The molecular weight excluding hydrogens is 472 g/mol. The predicted molar refractivity (Wildman–Crippen MR) is 116 cm³/mol. The second-order valence-electron chi connectivity index (χ2n) is 5.90. The SMILES string of the molecule is CC[C@H](Oc1ccc2ccccc2c1Br)C(=O)N/N=C\c1ccc(Br)cc1. The maximum Gasteiger partial charge on any atom is 0.281 e. The number of carbonyl (C=O) groups excluding carboxylic acids is 1. The maximum atomic E-state index is 12.4. The summed E-state index contributed by atoms with van der Waals surface area (Å²) in [7, 11) is 0. The van der Waals surface area contributed by atoms with Gasteiger partial charge in [0.2, 0.25) is 0 Å². The number of halogens is 2. The fourth-order valence-corrected chi connectivity index (χ4v) is 3.42. The summed E-state index contributed by atoms with van der Waals surface area (Å²) in [5.74, 6) is 0.346. The van der Waals surface area contributed by atoms with E-state index in [1.807, 2.05) is 67.6 Å². The van der Waals surface area contributed by atoms with E-state index in [1.54, 1.807) is 6.21 Å². The van der Waals surface area contributed by atoms with E-state index in [1.165, 1.54) is 0 Å². The number of hydrogen-bond donors (Lipinski definition) is 1. The van der Waals surface area contributed by atoms with Crippen LogP contribution in [-0.4, -0.2) is 18.2 Å². The molecule has 27 heavy (non-hydrogen) atoms. The second-order valence-corrected chi connectivity index (χ2v) is 7.61. The topological polar surface area (TPSA) is 50.7 Å². The highest BCUT2D eigenvalue weighted by molar-refractivity contribution is 9.11. The third-order valence-corrected chi connectivity index (χ3v) is 5.37. The summed E-state index contributed by atoms with van der Waals surface area (Å²) < 4.78 is 7.77. The number of benzene rings is 3. The number of carbonyl (C=O) groups is 1. The molecule has 1 atom stereocenters. The van der Waals surface area contributed by atoms with Crippen molar-refractivity contribution in [3.05, 3.63) is 75.2 Å². The van der Waals surface area contributed by atoms with E-state index in [4.69, 9.17) is 4.74 Å². The van der Waals surface area contributed by atoms with Gasteiger partial charge in [-0.2, -0.15) is 5.10 Å². The van der Waals surface area contributed by atoms with Crippen molar-refractivity contribution in [3.8, 4) is 5.75 Å². The molecular formula is C21H18Br2N2O2. The molecule has 4 nitrogen and oxygen atoms in total. The number of ether oxygens (including phenoxy) is 1. The predicted octanol–water partition coefficient (Wildman–Crippen LogP) is 5.67. The average molecular weight is 490 g/mol. The van der Waals surface area contributed by atoms with Gasteiger partial charge in [-0.15, -0.1) is 0 Å². The fraction of sp³-hybridized carbons (Fsp3) is 0.143. The highest BCUT2D eigenvalue weighted by Crippen LogP contribution is 2.33. The van der Waals surface area contributed by atoms with Gasteiger partial charge in [-0.1, -0.05) is 65.3 Å². The largest absolute Gasteiger partial charge is 0.479 e. The molecule has 0 aliphatic rings. The molecule has 0 aliphatic carbocycles. The molecule has 138 valence electrons. The van der Waals surface area contributed by atoms with Gasteiger partial charge in [0.15, 0.2) is 6.10 Å². The fourth-order valence-electron chi connectivity index (χ4n) is 2.57. The zero-order valence-corrected chi connectivity index (χ0v) is 17.8. The maximum absolute atomic E-state index is 12.4. The Hall–Kier alpha value is -2.18. The Morgan fingerprint density at radius 2 is 1.85 bits per heavy atom. The lowest BCUT2D eigenvalue weighted by Gasteiger charge is -2.17. The Bertz CT molecular complexity index is 972. The zero-order valence-electron chi connectivity index (χ0n) is 14.7. The first kappa shape index (κ1) is 19.6. The molecule has 0 bridgehead atoms. The van der Waals surface area contributed by atoms with Gasteiger partial charge >= 0.3 is 0 Å². The normalized spacial score (nSPS) is 12.3. The van der Waals surface area contributed by atoms with Gasteiger partial charge in [0.1, 0.15) is 5.75 Å². The molecule has 6 heteroatoms. The van der Waals surface area contributed by atoms with Crippen molar-refractivity contribution in [2.24, 2.45) is 5.10 Å². The van der Waals surface area contributed by atoms with Crippen molar-refractivity contribution in [2.45, 2.75) is 19.4 Å². The van der Waals surface area contributed by atoms with Gasteiger partial charge in [0, 0.05) is 4.47 Å². The first-order chi connectivity index (χ1) is 13.1. The molecule has 0 saturated heterocycles. The first-order valence-electron chi connectivity index (χ1n) is 8.51. The minimum Gasteiger partial charge on any atom is -0.479 e. The smallest absolute Gasteiger partial charge is 0.281 e. The molecule has 0 unspecified atom stereocenters. The van der Waals surface area contributed by atoms with Crippen LogP contribution < -0.4 is 10.2 Å². The van der Waals surface area contributed by atoms with E-state index in [0.29, 0.717) is 12.2 Å². The number of amides is 1. The molecule has 3 rings (SSSR count). The minimum atomic E-state index is -0.635. The standard InChI is InChI=1S/C21H18Br2N2O2/c1-2-18(21(26)25-24-13-14-7-10-16(22)11-8-14)27-19-12-9-15-5-3-4-6-17(15)20(19)23/h3-13,18H,2H2,1H3,(H,25,26)/b24-13-/t18-/m0/s1. The Morgan fingerprint density at radius 3 is 2.59 bits per heavy atom. The molecule has 1 amide bonds. The van der Waals surface area contributed by atoms with Crippen molar-refractivity contribution < 1.29 is 9.53 Å². The van der Waals surface area contributed by atoms with E-state index < -0.39 is 6.10 Å². The van der Waals surface area contributed by atoms with Gasteiger partial charge in [-0.25, -0.2) is 5.43 Å². The first-order valence-corrected chi connectivity index (χ1v) is 10.1. The molecule has 3 aromatic rings. The molecule has 1 N–H and O–H groups in total. The molecule has 0 saturated carbocycles. The summed E-state index contributed by atoms with van der Waals surface area (Å²) in [5.41, 5.74) is 3.45. The second kappa shape index (κ2) is 9.15. The molecule has 3 aromatic carbocycles. The summed E-state index contributed by atoms with van der Waals surface area (Å²) in [6.07, 6.45) is 1.49. The van der Waals surface area contributed by atoms with Gasteiger partial charge in [0.05, 0.1) is 10.7 Å². The van der Waals surface area contributed by atoms with Crippen LogP contribution in [0, 0.1) is 0 Å². The number of hydrazone groups is 1. The molecule has 0 heterocycles. The van der Waals surface area contributed by atoms with Crippen LogP contribution >= 0.6 is 31.9 Å². The lowest BCUT2D eigenvalue weighted by molar-refractivity contribution is -0.128. The van der Waals surface area contributed by atoms with Crippen LogP contribution in [0.1, 0.15) is 18.9 Å². The van der Waals surface area contributed by atoms with Crippen molar-refractivity contribution >= 4 is 54.8 Å². The van der Waals surface area contributed by atoms with E-state index in [-0.39, 0.29) is 5.91 Å². The van der Waals surface area contributed by atoms with Crippen LogP contribution in [-0.2, 0) is 4.79 Å². The Morgan fingerprint density at radius 1 is 1.11 bits per heavy atom. The zero-order chi connectivity index (χ0) is 19.2. The monoisotopic (exact) mass is 488 g/mol. The highest BCUT2D eigenvalue weighted by Gasteiger charge is 2.19. The van der Waals surface area contributed by atoms with E-state index in [0.717, 1.165) is 25.3 Å². The average Bonchev–Trinajstić information content (AvgIpc) is 2.69. The van der Waals surface area contributed by atoms with Gasteiger partial charge in [-0.05, 0) is 56.9 Å². The summed E-state index contributed by atoms with van der Waals surface area (Å²) in [5, 5.41) is 6.17. The Balaban J connectivity index is 1.68. The van der Waals surface area contributed by atoms with Crippen LogP contribution in [0.5, 0.6) is 5.75 Å². The van der Waals surface area contributed by atoms with E-state index in [2.05, 4.69) is 42.4 Å². The molecule has 0 aliphatic heterocycles. The van der Waals surface area contributed by atoms with Crippen LogP contribution in [0.25, 0.3) is 10.8 Å². The lowest BCUT2D eigenvalue weighted by Crippen LogP contribution is -2.35. The van der Waals surface area contributed by atoms with Gasteiger partial charge in [0.25, 0.3) is 5.91 Å². The van der Waals surface area contributed by atoms with E-state index >= 15 is 0 Å². The molecule has 0 radical (unpaired) electrons. The van der Waals surface area contributed by atoms with Crippen molar-refractivity contribution in [2.75, 3.05) is 0 Å². The Kier molecular flexibility index (Phi) is 6.63. The van der Waals surface area contributed by atoms with Crippen LogP contribution in [0.3, 0.4) is 0 Å². The number of fused-ring (bicyclic) bond motifs is 1. The Labute approximate surface area is 174 Å². The summed E-state index contributed by atoms with van der Waals surface area (Å²) >= 11 is 6.97. The highest BCUT2D eigenvalue weighted by atomic mass is 79.9. The van der Waals surface area contributed by atoms with Crippen molar-refractivity contribution in [1.82, 2.24) is 5.43 Å². The summed E-state index contributed by atoms with van der Waals surface area (Å²) in [4.78, 5) is 12.4. The van der Waals surface area contributed by atoms with Gasteiger partial charge < -0.3 is 4.74 Å². The number of nitrogens with one attached hydrogen (secondary N) is 1. The molecule has 0 aromatic heterocycles. The van der Waals surface area contributed by atoms with Crippen molar-refractivity contribution in [3.63, 3.8) is 0 Å². The van der Waals surface area contributed by atoms with Gasteiger partial charge in [-0.3, -0.25) is 4.79 Å². The lowest BCUT2D eigenvalue weighted by atomic mass is 10.1. The van der Waals surface area contributed by atoms with Crippen LogP contribution in [0.2, 0.25) is 0 Å². The van der Waals surface area contributed by atoms with Crippen LogP contribution in [0.4, 0.5) is 0 Å².